The van der Waals surface area contributed by atoms with Gasteiger partial charge in [0.1, 0.15) is 10.8 Å². The second kappa shape index (κ2) is 14.3. The Morgan fingerprint density at radius 3 is 2.62 bits per heavy atom. The summed E-state index contributed by atoms with van der Waals surface area (Å²) in [4.78, 5) is 18.4. The largest absolute Gasteiger partial charge is 0.482 e. The lowest BCUT2D eigenvalue weighted by atomic mass is 10.1. The van der Waals surface area contributed by atoms with Gasteiger partial charge in [-0.25, -0.2) is 9.78 Å². The number of nitrogens with zero attached hydrogens (tertiary/aromatic N) is 1. The van der Waals surface area contributed by atoms with Crippen molar-refractivity contribution in [2.24, 2.45) is 0 Å². The van der Waals surface area contributed by atoms with E-state index >= 15 is 0 Å². The maximum Gasteiger partial charge on any atom is 0.416 e. The third-order valence-electron chi connectivity index (χ3n) is 6.21. The van der Waals surface area contributed by atoms with Crippen LogP contribution in [0.1, 0.15) is 54.8 Å². The van der Waals surface area contributed by atoms with Crippen molar-refractivity contribution in [3.8, 4) is 16.3 Å². The maximum absolute atomic E-state index is 13.0. The molecule has 0 radical (unpaired) electrons. The van der Waals surface area contributed by atoms with E-state index in [2.05, 4.69) is 0 Å². The van der Waals surface area contributed by atoms with E-state index in [1.165, 1.54) is 23.5 Å². The number of ether oxygens (including phenoxy) is 4. The van der Waals surface area contributed by atoms with Gasteiger partial charge >= 0.3 is 12.1 Å². The molecule has 1 fully saturated rings. The zero-order chi connectivity index (χ0) is 28.5. The van der Waals surface area contributed by atoms with Gasteiger partial charge in [0.25, 0.3) is 0 Å². The Balaban J connectivity index is 1.49. The summed E-state index contributed by atoms with van der Waals surface area (Å²) in [5.41, 5.74) is 1.66. The van der Waals surface area contributed by atoms with Crippen LogP contribution < -0.4 is 4.74 Å². The molecule has 11 heteroatoms. The van der Waals surface area contributed by atoms with Crippen LogP contribution in [-0.2, 0) is 44.0 Å². The van der Waals surface area contributed by atoms with E-state index in [0.717, 1.165) is 58.8 Å². The summed E-state index contributed by atoms with van der Waals surface area (Å²) in [7, 11) is 0. The molecule has 1 unspecified atom stereocenters. The number of alkyl halides is 3. The van der Waals surface area contributed by atoms with E-state index in [0.29, 0.717) is 35.3 Å². The number of halogens is 3. The predicted molar refractivity (Wildman–Crippen MR) is 148 cm³/mol. The van der Waals surface area contributed by atoms with Gasteiger partial charge in [0, 0.05) is 27.7 Å². The molecule has 1 saturated heterocycles. The van der Waals surface area contributed by atoms with Crippen LogP contribution in [-0.4, -0.2) is 37.1 Å². The molecule has 0 aliphatic carbocycles. The molecule has 1 aromatic heterocycles. The topological polar surface area (TPSA) is 66.9 Å². The van der Waals surface area contributed by atoms with Gasteiger partial charge in [-0.05, 0) is 68.5 Å². The second-order valence-corrected chi connectivity index (χ2v) is 11.2. The lowest BCUT2D eigenvalue weighted by Crippen LogP contribution is -2.22. The summed E-state index contributed by atoms with van der Waals surface area (Å²) in [5, 5.41) is 0.643. The highest BCUT2D eigenvalue weighted by atomic mass is 32.2. The molecule has 0 N–H and O–H groups in total. The first-order chi connectivity index (χ1) is 19.3. The van der Waals surface area contributed by atoms with Crippen LogP contribution in [0.4, 0.5) is 13.2 Å². The van der Waals surface area contributed by atoms with Crippen molar-refractivity contribution < 1.29 is 36.9 Å². The first kappa shape index (κ1) is 30.4. The van der Waals surface area contributed by atoms with Crippen molar-refractivity contribution in [3.05, 3.63) is 64.2 Å². The first-order valence-corrected chi connectivity index (χ1v) is 15.0. The maximum atomic E-state index is 13.0. The number of carbonyl (C=O) groups is 1. The number of aryl methyl sites for hydroxylation is 1. The zero-order valence-corrected chi connectivity index (χ0v) is 24.1. The molecule has 0 saturated carbocycles. The average molecular weight is 596 g/mol. The molecule has 2 heterocycles. The minimum atomic E-state index is -4.39. The third-order valence-corrected chi connectivity index (χ3v) is 8.56. The molecule has 1 aliphatic rings. The number of hydrogen-bond donors (Lipinski definition) is 0. The van der Waals surface area contributed by atoms with Gasteiger partial charge < -0.3 is 18.9 Å². The van der Waals surface area contributed by atoms with Gasteiger partial charge in [0.2, 0.25) is 0 Å². The Morgan fingerprint density at radius 1 is 1.15 bits per heavy atom. The predicted octanol–water partition coefficient (Wildman–Crippen LogP) is 7.67. The van der Waals surface area contributed by atoms with Crippen LogP contribution in [0.15, 0.2) is 47.4 Å². The fourth-order valence-corrected chi connectivity index (χ4v) is 6.23. The first-order valence-electron chi connectivity index (χ1n) is 13.2. The van der Waals surface area contributed by atoms with Crippen LogP contribution >= 0.6 is 23.1 Å². The van der Waals surface area contributed by atoms with Crippen molar-refractivity contribution in [2.45, 2.75) is 69.3 Å². The fraction of sp³-hybridized carbons (Fsp3) is 0.448. The highest BCUT2D eigenvalue weighted by Gasteiger charge is 2.30. The van der Waals surface area contributed by atoms with Gasteiger partial charge in [-0.15, -0.1) is 23.1 Å². The minimum Gasteiger partial charge on any atom is -0.482 e. The Labute approximate surface area is 240 Å². The molecule has 1 atom stereocenters. The second-order valence-electron chi connectivity index (χ2n) is 9.08. The van der Waals surface area contributed by atoms with Crippen LogP contribution in [0.25, 0.3) is 10.6 Å². The molecule has 1 aliphatic heterocycles. The van der Waals surface area contributed by atoms with Gasteiger partial charge in [0.05, 0.1) is 24.5 Å². The summed E-state index contributed by atoms with van der Waals surface area (Å²) in [6.07, 6.45) is -1.06. The highest BCUT2D eigenvalue weighted by Crippen LogP contribution is 2.36. The zero-order valence-electron chi connectivity index (χ0n) is 22.4. The molecule has 0 spiro atoms. The number of aromatic nitrogens is 1. The van der Waals surface area contributed by atoms with Crippen molar-refractivity contribution in [1.82, 2.24) is 4.98 Å². The summed E-state index contributed by atoms with van der Waals surface area (Å²) in [6, 6.07) is 10.9. The number of rotatable bonds is 12. The standard InChI is InChI=1S/C29H32F3NO5S2/c1-3-19-15-22(12-13-24(19)37-17-26(34)35-4-2)39-18-25-23(16-38-27-7-5-6-14-36-27)33-28(40-25)20-8-10-21(11-9-20)29(30,31)32/h8-13,15,27H,3-7,14,16-18H2,1-2H3. The molecule has 0 bridgehead atoms. The molecular weight excluding hydrogens is 563 g/mol. The quantitative estimate of drug-likeness (QED) is 0.157. The number of benzene rings is 2. The number of thioether (sulfide) groups is 1. The van der Waals surface area contributed by atoms with Gasteiger partial charge in [-0.1, -0.05) is 19.1 Å². The van der Waals surface area contributed by atoms with E-state index in [-0.39, 0.29) is 19.5 Å². The molecule has 0 amide bonds. The van der Waals surface area contributed by atoms with Gasteiger partial charge in [-0.3, -0.25) is 0 Å². The fourth-order valence-electron chi connectivity index (χ4n) is 4.10. The SMILES string of the molecule is CCOC(=O)COc1ccc(SCc2sc(-c3ccc(C(F)(F)F)cc3)nc2COC2CCCCO2)cc1CC. The van der Waals surface area contributed by atoms with Crippen molar-refractivity contribution >= 4 is 29.1 Å². The average Bonchev–Trinajstić information content (AvgIpc) is 3.37. The van der Waals surface area contributed by atoms with E-state index in [9.17, 15) is 18.0 Å². The van der Waals surface area contributed by atoms with Crippen LogP contribution in [0.5, 0.6) is 5.75 Å². The minimum absolute atomic E-state index is 0.144. The molecule has 2 aromatic carbocycles. The highest BCUT2D eigenvalue weighted by molar-refractivity contribution is 7.98. The Bertz CT molecular complexity index is 1260. The van der Waals surface area contributed by atoms with Crippen molar-refractivity contribution in [1.29, 1.82) is 0 Å². The lowest BCUT2D eigenvalue weighted by molar-refractivity contribution is -0.169. The van der Waals surface area contributed by atoms with Gasteiger partial charge in [0.15, 0.2) is 12.9 Å². The van der Waals surface area contributed by atoms with Crippen LogP contribution in [0.3, 0.4) is 0 Å². The van der Waals surface area contributed by atoms with E-state index in [1.54, 1.807) is 18.7 Å². The van der Waals surface area contributed by atoms with E-state index in [1.807, 2.05) is 25.1 Å². The third kappa shape index (κ3) is 8.45. The van der Waals surface area contributed by atoms with E-state index in [4.69, 9.17) is 23.9 Å². The van der Waals surface area contributed by atoms with Gasteiger partial charge in [-0.2, -0.15) is 13.2 Å². The molecule has 4 rings (SSSR count). The lowest BCUT2D eigenvalue weighted by Gasteiger charge is -2.22. The van der Waals surface area contributed by atoms with Crippen molar-refractivity contribution in [2.75, 3.05) is 19.8 Å². The summed E-state index contributed by atoms with van der Waals surface area (Å²) < 4.78 is 61.4. The number of thiazole rings is 1. The molecule has 3 aromatic rings. The Hall–Kier alpha value is -2.60. The van der Waals surface area contributed by atoms with Crippen LogP contribution in [0, 0.1) is 0 Å². The summed E-state index contributed by atoms with van der Waals surface area (Å²) in [6.45, 7) is 4.85. The smallest absolute Gasteiger partial charge is 0.416 e. The molecular formula is C29H32F3NO5S2. The van der Waals surface area contributed by atoms with Crippen molar-refractivity contribution in [3.63, 3.8) is 0 Å². The normalized spacial score (nSPS) is 15.7. The monoisotopic (exact) mass is 595 g/mol. The number of carbonyl (C=O) groups excluding carboxylic acids is 1. The molecule has 40 heavy (non-hydrogen) atoms. The molecule has 6 nitrogen and oxygen atoms in total. The Kier molecular flexibility index (Phi) is 10.9. The van der Waals surface area contributed by atoms with Crippen LogP contribution in [0.2, 0.25) is 0 Å². The molecule has 216 valence electrons. The summed E-state index contributed by atoms with van der Waals surface area (Å²) >= 11 is 3.07. The summed E-state index contributed by atoms with van der Waals surface area (Å²) in [5.74, 6) is 0.837. The number of hydrogen-bond acceptors (Lipinski definition) is 8. The van der Waals surface area contributed by atoms with E-state index < -0.39 is 17.7 Å². The number of esters is 1. The Morgan fingerprint density at radius 2 is 1.95 bits per heavy atom.